The second-order valence-corrected chi connectivity index (χ2v) is 13.9. The molecule has 7 N–H and O–H groups in total. The number of thioether (sulfide) groups is 1. The molecule has 2 aliphatic heterocycles. The van der Waals surface area contributed by atoms with Gasteiger partial charge in [-0.1, -0.05) is 17.5 Å². The van der Waals surface area contributed by atoms with Crippen molar-refractivity contribution in [3.05, 3.63) is 23.0 Å². The van der Waals surface area contributed by atoms with Crippen LogP contribution >= 0.6 is 30.8 Å². The maximum atomic E-state index is 15.8. The minimum absolute atomic E-state index is 0.0000221. The van der Waals surface area contributed by atoms with E-state index >= 15 is 8.78 Å². The fourth-order valence-corrected chi connectivity index (χ4v) is 8.39. The second-order valence-electron chi connectivity index (χ2n) is 9.75. The Kier molecular flexibility index (Phi) is 6.30. The molecule has 0 spiro atoms. The van der Waals surface area contributed by atoms with E-state index in [2.05, 4.69) is 47.5 Å². The van der Waals surface area contributed by atoms with E-state index in [1.807, 2.05) is 0 Å². The van der Waals surface area contributed by atoms with Crippen molar-refractivity contribution in [1.29, 1.82) is 0 Å². The number of H-pyrrole nitrogens is 1. The van der Waals surface area contributed by atoms with Crippen molar-refractivity contribution in [1.82, 2.24) is 44.5 Å². The Morgan fingerprint density at radius 2 is 2.05 bits per heavy atom. The van der Waals surface area contributed by atoms with Gasteiger partial charge in [0.15, 0.2) is 46.2 Å². The molecular formula is C19H20F2N11O7PS2. The van der Waals surface area contributed by atoms with Crippen LogP contribution < -0.4 is 17.0 Å². The van der Waals surface area contributed by atoms with Gasteiger partial charge in [-0.25, -0.2) is 28.3 Å². The Hall–Kier alpha value is -2.98. The molecule has 2 unspecified atom stereocenters. The van der Waals surface area contributed by atoms with E-state index in [0.29, 0.717) is 0 Å². The van der Waals surface area contributed by atoms with Crippen molar-refractivity contribution in [3.8, 4) is 0 Å². The first-order valence-corrected chi connectivity index (χ1v) is 15.7. The molecule has 1 saturated carbocycles. The predicted molar refractivity (Wildman–Crippen MR) is 143 cm³/mol. The number of nitrogens with zero attached hydrogens (tertiary/aromatic N) is 8. The van der Waals surface area contributed by atoms with E-state index in [0.717, 1.165) is 22.8 Å². The lowest BCUT2D eigenvalue weighted by Crippen LogP contribution is -2.35. The number of nitrogens with two attached hydrogens (primary N) is 2. The van der Waals surface area contributed by atoms with Gasteiger partial charge in [0.1, 0.15) is 36.1 Å². The van der Waals surface area contributed by atoms with Crippen LogP contribution in [-0.4, -0.2) is 103 Å². The van der Waals surface area contributed by atoms with Gasteiger partial charge in [0.2, 0.25) is 5.95 Å². The molecule has 0 bridgehead atoms. The second kappa shape index (κ2) is 9.51. The highest BCUT2D eigenvalue weighted by Crippen LogP contribution is 2.69. The smallest absolute Gasteiger partial charge is 0.386 e. The number of aliphatic hydroxyl groups is 2. The first-order valence-electron chi connectivity index (χ1n) is 12.1. The average Bonchev–Trinajstić information content (AvgIpc) is 3.47. The summed E-state index contributed by atoms with van der Waals surface area (Å²) >= 11 is 4.89. The molecule has 2 saturated heterocycles. The number of hydrogen-bond donors (Lipinski definition) is 6. The van der Waals surface area contributed by atoms with Crippen LogP contribution in [0.25, 0.3) is 22.3 Å². The van der Waals surface area contributed by atoms with Crippen molar-refractivity contribution in [3.63, 3.8) is 0 Å². The molecule has 0 radical (unpaired) electrons. The van der Waals surface area contributed by atoms with Crippen molar-refractivity contribution >= 4 is 64.9 Å². The largest absolute Gasteiger partial charge is 0.388 e. The van der Waals surface area contributed by atoms with Gasteiger partial charge in [-0.3, -0.25) is 23.4 Å². The normalized spacial score (nSPS) is 35.5. The molecule has 6 heterocycles. The van der Waals surface area contributed by atoms with Crippen LogP contribution in [0.2, 0.25) is 0 Å². The monoisotopic (exact) mass is 647 g/mol. The SMILES string of the molecule is Nc1nc2c(ncn2[C@@H]2S[C@@H]3C(O)[C@@]3(F)[C@H]2OP(=O)(S)OC[C@H]2O[C@@H](n3nnc4c(N)ncnc43)[C@@H](F)[C@@H]2O)c(=O)[nH]1. The molecule has 23 heteroatoms. The van der Waals surface area contributed by atoms with Crippen LogP contribution in [0.3, 0.4) is 0 Å². The standard InChI is InChI=1S/C19H20F2N11O7PS2/c20-5-8(33)4(38-16(5)32-13-6(29-30-32)12(22)24-2-25-13)1-37-40(36,41)39-10-17(42-11-9(34)19(10,11)21)31-3-26-7-14(31)27-18(23)28-15(7)35/h2-5,8-11,16-17,33-34H,1H2,(H,36,41)(H2,22,24,25)(H3,23,27,28,35)/t4-,5+,8-,9?,10+,11-,16-,17-,19-,40?/m1/s1. The Morgan fingerprint density at radius 3 is 2.83 bits per heavy atom. The zero-order valence-corrected chi connectivity index (χ0v) is 23.3. The number of aliphatic hydroxyl groups excluding tert-OH is 2. The lowest BCUT2D eigenvalue weighted by atomic mass is 10.1. The number of rotatable bonds is 7. The van der Waals surface area contributed by atoms with Crippen LogP contribution in [0.15, 0.2) is 17.4 Å². The number of nitrogens with one attached hydrogen (secondary N) is 1. The molecule has 3 aliphatic rings. The quantitative estimate of drug-likeness (QED) is 0.107. The van der Waals surface area contributed by atoms with Crippen LogP contribution in [0.5, 0.6) is 0 Å². The number of anilines is 2. The van der Waals surface area contributed by atoms with Gasteiger partial charge in [-0.15, -0.1) is 16.9 Å². The minimum Gasteiger partial charge on any atom is -0.388 e. The fourth-order valence-electron chi connectivity index (χ4n) is 5.08. The molecule has 0 aromatic carbocycles. The van der Waals surface area contributed by atoms with Gasteiger partial charge < -0.3 is 26.4 Å². The molecule has 3 fully saturated rings. The third kappa shape index (κ3) is 4.12. The highest BCUT2D eigenvalue weighted by atomic mass is 32.7. The summed E-state index contributed by atoms with van der Waals surface area (Å²) in [6.45, 7) is -5.16. The third-order valence-corrected chi connectivity index (χ3v) is 10.5. The maximum Gasteiger partial charge on any atom is 0.386 e. The topological polar surface area (TPSA) is 257 Å². The van der Waals surface area contributed by atoms with Crippen LogP contribution in [0, 0.1) is 0 Å². The van der Waals surface area contributed by atoms with Gasteiger partial charge in [-0.05, 0) is 0 Å². The number of ether oxygens (including phenoxy) is 1. The first kappa shape index (κ1) is 27.8. The Bertz CT molecular complexity index is 1830. The molecule has 10 atom stereocenters. The lowest BCUT2D eigenvalue weighted by molar-refractivity contribution is -0.0504. The summed E-state index contributed by atoms with van der Waals surface area (Å²) in [6.07, 6.45) is -7.44. The Balaban J connectivity index is 1.09. The summed E-state index contributed by atoms with van der Waals surface area (Å²) in [7, 11) is 0. The molecule has 18 nitrogen and oxygen atoms in total. The number of nitrogen functional groups attached to an aromatic ring is 2. The number of aromatic nitrogens is 9. The Labute approximate surface area is 240 Å². The van der Waals surface area contributed by atoms with Crippen molar-refractivity contribution in [2.75, 3.05) is 18.1 Å². The minimum atomic E-state index is -4.47. The fraction of sp³-hybridized carbons (Fsp3) is 0.526. The van der Waals surface area contributed by atoms with E-state index in [-0.39, 0.29) is 34.1 Å². The van der Waals surface area contributed by atoms with Gasteiger partial charge >= 0.3 is 6.80 Å². The van der Waals surface area contributed by atoms with Crippen molar-refractivity contribution in [2.24, 2.45) is 0 Å². The molecule has 4 aromatic heterocycles. The summed E-state index contributed by atoms with van der Waals surface area (Å²) < 4.78 is 62.8. The van der Waals surface area contributed by atoms with Gasteiger partial charge in [-0.2, -0.15) is 9.67 Å². The average molecular weight is 648 g/mol. The van der Waals surface area contributed by atoms with Crippen molar-refractivity contribution < 1.29 is 37.3 Å². The molecule has 0 amide bonds. The number of thiol groups is 1. The van der Waals surface area contributed by atoms with Crippen LogP contribution in [0.1, 0.15) is 11.6 Å². The van der Waals surface area contributed by atoms with E-state index in [9.17, 15) is 19.6 Å². The first-order chi connectivity index (χ1) is 19.9. The number of halogens is 2. The van der Waals surface area contributed by atoms with Gasteiger partial charge in [0.05, 0.1) is 18.2 Å². The lowest BCUT2D eigenvalue weighted by Gasteiger charge is -2.28. The zero-order chi connectivity index (χ0) is 29.7. The summed E-state index contributed by atoms with van der Waals surface area (Å²) in [4.78, 5) is 30.3. The summed E-state index contributed by atoms with van der Waals surface area (Å²) in [5, 5.41) is 26.3. The van der Waals surface area contributed by atoms with E-state index < -0.39 is 72.1 Å². The Morgan fingerprint density at radius 1 is 1.26 bits per heavy atom. The van der Waals surface area contributed by atoms with Crippen LogP contribution in [-0.2, 0) is 18.3 Å². The third-order valence-electron chi connectivity index (χ3n) is 7.25. The van der Waals surface area contributed by atoms with E-state index in [1.165, 1.54) is 10.9 Å². The predicted octanol–water partition coefficient (Wildman–Crippen LogP) is -0.748. The van der Waals surface area contributed by atoms with Gasteiger partial charge in [0, 0.05) is 0 Å². The molecule has 7 rings (SSSR count). The summed E-state index contributed by atoms with van der Waals surface area (Å²) in [5.41, 5.74) is 8.47. The molecule has 224 valence electrons. The highest BCUT2D eigenvalue weighted by Gasteiger charge is 2.79. The van der Waals surface area contributed by atoms with E-state index in [4.69, 9.17) is 25.3 Å². The number of hydrogen-bond acceptors (Lipinski definition) is 16. The molecule has 4 aromatic rings. The molecule has 1 aliphatic carbocycles. The van der Waals surface area contributed by atoms with E-state index in [1.54, 1.807) is 0 Å². The number of alkyl halides is 2. The summed E-state index contributed by atoms with van der Waals surface area (Å²) in [6, 6.07) is 0. The summed E-state index contributed by atoms with van der Waals surface area (Å²) in [5.74, 6) is -0.215. The number of imidazole rings is 1. The molecule has 42 heavy (non-hydrogen) atoms. The maximum absolute atomic E-state index is 15.8. The van der Waals surface area contributed by atoms with Gasteiger partial charge in [0.25, 0.3) is 5.56 Å². The highest BCUT2D eigenvalue weighted by molar-refractivity contribution is 8.44. The zero-order valence-electron chi connectivity index (χ0n) is 20.7. The molecular weight excluding hydrogens is 627 g/mol. The number of aromatic amines is 1. The van der Waals surface area contributed by atoms with Crippen LogP contribution in [0.4, 0.5) is 20.5 Å². The van der Waals surface area contributed by atoms with Crippen molar-refractivity contribution in [2.45, 2.75) is 53.1 Å². The number of fused-ring (bicyclic) bond motifs is 3.